The molecule has 2 aromatic rings. The first-order chi connectivity index (χ1) is 9.47. The fourth-order valence-electron chi connectivity index (χ4n) is 2.13. The summed E-state index contributed by atoms with van der Waals surface area (Å²) in [7, 11) is 0. The molecule has 3 nitrogen and oxygen atoms in total. The zero-order valence-corrected chi connectivity index (χ0v) is 11.5. The Hall–Kier alpha value is -2.36. The molecule has 1 atom stereocenters. The van der Waals surface area contributed by atoms with E-state index >= 15 is 0 Å². The number of nitrogens with two attached hydrogens (primary N) is 1. The van der Waals surface area contributed by atoms with Crippen LogP contribution in [0.5, 0.6) is 0 Å². The number of hydrogen-bond donors (Lipinski definition) is 2. The lowest BCUT2D eigenvalue weighted by molar-refractivity contribution is 0.0939. The lowest BCUT2D eigenvalue weighted by atomic mass is 10.1. The van der Waals surface area contributed by atoms with Crippen LogP contribution in [0.4, 0.5) is 10.1 Å². The number of anilines is 1. The molecule has 104 valence electrons. The molecule has 2 aromatic carbocycles. The summed E-state index contributed by atoms with van der Waals surface area (Å²) in [6.45, 7) is 3.59. The summed E-state index contributed by atoms with van der Waals surface area (Å²) in [5.74, 6) is -0.731. The van der Waals surface area contributed by atoms with Crippen molar-refractivity contribution in [2.75, 3.05) is 5.73 Å². The number of nitrogen functional groups attached to an aromatic ring is 1. The lowest BCUT2D eigenvalue weighted by Gasteiger charge is -2.16. The highest BCUT2D eigenvalue weighted by molar-refractivity contribution is 5.94. The number of nitrogens with one attached hydrogen (secondary N) is 1. The van der Waals surface area contributed by atoms with Crippen molar-refractivity contribution in [3.8, 4) is 0 Å². The first-order valence-electron chi connectivity index (χ1n) is 6.40. The number of benzene rings is 2. The molecular formula is C16H17FN2O. The Bertz CT molecular complexity index is 620. The zero-order valence-electron chi connectivity index (χ0n) is 11.5. The smallest absolute Gasteiger partial charge is 0.251 e. The SMILES string of the molecule is Cc1cc(F)cc(C(=O)NC(C)c2ccccc2N)c1. The summed E-state index contributed by atoms with van der Waals surface area (Å²) in [6.07, 6.45) is 0. The highest BCUT2D eigenvalue weighted by atomic mass is 19.1. The van der Waals surface area contributed by atoms with E-state index in [-0.39, 0.29) is 11.9 Å². The van der Waals surface area contributed by atoms with Gasteiger partial charge in [0.05, 0.1) is 6.04 Å². The second-order valence-corrected chi connectivity index (χ2v) is 4.84. The van der Waals surface area contributed by atoms with E-state index in [4.69, 9.17) is 5.73 Å². The number of rotatable bonds is 3. The van der Waals surface area contributed by atoms with Gasteiger partial charge in [0.15, 0.2) is 0 Å². The van der Waals surface area contributed by atoms with Crippen LogP contribution in [0.25, 0.3) is 0 Å². The summed E-state index contributed by atoms with van der Waals surface area (Å²) in [4.78, 5) is 12.1. The Kier molecular flexibility index (Phi) is 4.03. The van der Waals surface area contributed by atoms with E-state index < -0.39 is 5.82 Å². The van der Waals surface area contributed by atoms with Crippen LogP contribution < -0.4 is 11.1 Å². The molecule has 0 fully saturated rings. The maximum Gasteiger partial charge on any atom is 0.251 e. The molecule has 0 aliphatic heterocycles. The minimum atomic E-state index is -0.415. The summed E-state index contributed by atoms with van der Waals surface area (Å²) in [5.41, 5.74) is 8.35. The highest BCUT2D eigenvalue weighted by Crippen LogP contribution is 2.20. The number of carbonyl (C=O) groups excluding carboxylic acids is 1. The largest absolute Gasteiger partial charge is 0.398 e. The van der Waals surface area contributed by atoms with E-state index in [9.17, 15) is 9.18 Å². The van der Waals surface area contributed by atoms with Gasteiger partial charge in [-0.05, 0) is 49.2 Å². The third-order valence-corrected chi connectivity index (χ3v) is 3.11. The monoisotopic (exact) mass is 272 g/mol. The van der Waals surface area contributed by atoms with Crippen molar-refractivity contribution < 1.29 is 9.18 Å². The Labute approximate surface area is 117 Å². The minimum absolute atomic E-state index is 0.243. The Balaban J connectivity index is 2.17. The molecule has 0 heterocycles. The Morgan fingerprint density at radius 1 is 1.25 bits per heavy atom. The minimum Gasteiger partial charge on any atom is -0.398 e. The third kappa shape index (κ3) is 3.15. The van der Waals surface area contributed by atoms with Gasteiger partial charge in [0.2, 0.25) is 0 Å². The molecule has 0 bridgehead atoms. The number of amides is 1. The van der Waals surface area contributed by atoms with Gasteiger partial charge in [-0.3, -0.25) is 4.79 Å². The van der Waals surface area contributed by atoms with Crippen LogP contribution in [-0.4, -0.2) is 5.91 Å². The van der Waals surface area contributed by atoms with Gasteiger partial charge < -0.3 is 11.1 Å². The van der Waals surface area contributed by atoms with Crippen LogP contribution in [-0.2, 0) is 0 Å². The van der Waals surface area contributed by atoms with Gasteiger partial charge in [-0.1, -0.05) is 18.2 Å². The molecule has 0 radical (unpaired) electrons. The van der Waals surface area contributed by atoms with Gasteiger partial charge in [0.25, 0.3) is 5.91 Å². The van der Waals surface area contributed by atoms with Crippen molar-refractivity contribution in [2.24, 2.45) is 0 Å². The molecule has 1 unspecified atom stereocenters. The van der Waals surface area contributed by atoms with E-state index in [0.29, 0.717) is 16.8 Å². The molecule has 0 aromatic heterocycles. The van der Waals surface area contributed by atoms with Gasteiger partial charge in [0.1, 0.15) is 5.82 Å². The molecular weight excluding hydrogens is 255 g/mol. The molecule has 0 aliphatic carbocycles. The molecule has 20 heavy (non-hydrogen) atoms. The van der Waals surface area contributed by atoms with Crippen LogP contribution in [0, 0.1) is 12.7 Å². The summed E-state index contributed by atoms with van der Waals surface area (Å²) in [6, 6.07) is 11.4. The van der Waals surface area contributed by atoms with Crippen LogP contribution in [0.1, 0.15) is 34.5 Å². The predicted molar refractivity (Wildman–Crippen MR) is 77.9 cm³/mol. The number of aryl methyl sites for hydroxylation is 1. The molecule has 1 amide bonds. The van der Waals surface area contributed by atoms with Crippen molar-refractivity contribution in [1.82, 2.24) is 5.32 Å². The number of hydrogen-bond acceptors (Lipinski definition) is 2. The van der Waals surface area contributed by atoms with E-state index in [1.807, 2.05) is 25.1 Å². The average Bonchev–Trinajstić information content (AvgIpc) is 2.37. The fourth-order valence-corrected chi connectivity index (χ4v) is 2.13. The molecule has 0 saturated carbocycles. The maximum absolute atomic E-state index is 13.3. The summed E-state index contributed by atoms with van der Waals surface area (Å²) < 4.78 is 13.3. The van der Waals surface area contributed by atoms with Crippen LogP contribution in [0.2, 0.25) is 0 Å². The third-order valence-electron chi connectivity index (χ3n) is 3.11. The number of carbonyl (C=O) groups is 1. The van der Waals surface area contributed by atoms with Gasteiger partial charge >= 0.3 is 0 Å². The van der Waals surface area contributed by atoms with Gasteiger partial charge in [0, 0.05) is 11.3 Å². The van der Waals surface area contributed by atoms with Crippen LogP contribution >= 0.6 is 0 Å². The topological polar surface area (TPSA) is 55.1 Å². The van der Waals surface area contributed by atoms with Crippen LogP contribution in [0.15, 0.2) is 42.5 Å². The molecule has 0 aliphatic rings. The van der Waals surface area contributed by atoms with Crippen molar-refractivity contribution in [3.05, 3.63) is 65.0 Å². The maximum atomic E-state index is 13.3. The first kappa shape index (κ1) is 14.1. The van der Waals surface area contributed by atoms with E-state index in [1.165, 1.54) is 12.1 Å². The van der Waals surface area contributed by atoms with Crippen molar-refractivity contribution in [2.45, 2.75) is 19.9 Å². The van der Waals surface area contributed by atoms with Crippen molar-refractivity contribution >= 4 is 11.6 Å². The molecule has 0 saturated heterocycles. The molecule has 2 rings (SSSR count). The lowest BCUT2D eigenvalue weighted by Crippen LogP contribution is -2.27. The normalized spacial score (nSPS) is 11.9. The molecule has 4 heteroatoms. The second kappa shape index (κ2) is 5.74. The van der Waals surface area contributed by atoms with E-state index in [2.05, 4.69) is 5.32 Å². The quantitative estimate of drug-likeness (QED) is 0.843. The standard InChI is InChI=1S/C16H17FN2O/c1-10-7-12(9-13(17)8-10)16(20)19-11(2)14-5-3-4-6-15(14)18/h3-9,11H,18H2,1-2H3,(H,19,20). The molecule has 0 spiro atoms. The summed E-state index contributed by atoms with van der Waals surface area (Å²) in [5, 5.41) is 2.82. The average molecular weight is 272 g/mol. The molecule has 3 N–H and O–H groups in total. The fraction of sp³-hybridized carbons (Fsp3) is 0.188. The number of para-hydroxylation sites is 1. The number of halogens is 1. The first-order valence-corrected chi connectivity index (χ1v) is 6.40. The van der Waals surface area contributed by atoms with E-state index in [0.717, 1.165) is 5.56 Å². The van der Waals surface area contributed by atoms with Crippen LogP contribution in [0.3, 0.4) is 0 Å². The van der Waals surface area contributed by atoms with Gasteiger partial charge in [-0.25, -0.2) is 4.39 Å². The Morgan fingerprint density at radius 2 is 1.95 bits per heavy atom. The summed E-state index contributed by atoms with van der Waals surface area (Å²) >= 11 is 0. The van der Waals surface area contributed by atoms with Gasteiger partial charge in [-0.15, -0.1) is 0 Å². The Morgan fingerprint density at radius 3 is 2.60 bits per heavy atom. The van der Waals surface area contributed by atoms with Crippen molar-refractivity contribution in [3.63, 3.8) is 0 Å². The van der Waals surface area contributed by atoms with Crippen molar-refractivity contribution in [1.29, 1.82) is 0 Å². The highest BCUT2D eigenvalue weighted by Gasteiger charge is 2.14. The van der Waals surface area contributed by atoms with Gasteiger partial charge in [-0.2, -0.15) is 0 Å². The predicted octanol–water partition coefficient (Wildman–Crippen LogP) is 3.21. The second-order valence-electron chi connectivity index (χ2n) is 4.84. The zero-order chi connectivity index (χ0) is 14.7. The van der Waals surface area contributed by atoms with E-state index in [1.54, 1.807) is 19.1 Å².